The van der Waals surface area contributed by atoms with Gasteiger partial charge in [-0.1, -0.05) is 0 Å². The van der Waals surface area contributed by atoms with Crippen LogP contribution in [0.15, 0.2) is 0 Å². The molecule has 2 amide bonds. The zero-order valence-electron chi connectivity index (χ0n) is 7.71. The molecule has 0 aliphatic heterocycles. The highest BCUT2D eigenvalue weighted by Gasteiger charge is 1.97. The van der Waals surface area contributed by atoms with E-state index < -0.39 is 0 Å². The molecule has 0 spiro atoms. The summed E-state index contributed by atoms with van der Waals surface area (Å²) in [6, 6.07) is 0. The number of hydrogen-bond donors (Lipinski definition) is 3. The fraction of sp³-hybridized carbons (Fsp3) is 0.750. The molecule has 0 saturated carbocycles. The summed E-state index contributed by atoms with van der Waals surface area (Å²) < 4.78 is 0. The molecule has 0 unspecified atom stereocenters. The van der Waals surface area contributed by atoms with Crippen molar-refractivity contribution >= 4 is 12.3 Å². The molecule has 0 aromatic carbocycles. The fourth-order valence-electron chi connectivity index (χ4n) is 0.828. The van der Waals surface area contributed by atoms with Crippen LogP contribution in [0.5, 0.6) is 0 Å². The number of hydrogen-bond acceptors (Lipinski definition) is 3. The van der Waals surface area contributed by atoms with Gasteiger partial charge in [0.05, 0.1) is 0 Å². The van der Waals surface area contributed by atoms with Crippen molar-refractivity contribution in [3.63, 3.8) is 0 Å². The van der Waals surface area contributed by atoms with E-state index in [9.17, 15) is 9.59 Å². The Morgan fingerprint density at radius 2 is 2.08 bits per heavy atom. The topological polar surface area (TPSA) is 84.2 Å². The van der Waals surface area contributed by atoms with Gasteiger partial charge in [0.1, 0.15) is 0 Å². The second-order valence-corrected chi connectivity index (χ2v) is 2.67. The lowest BCUT2D eigenvalue weighted by Gasteiger charge is -2.03. The summed E-state index contributed by atoms with van der Waals surface area (Å²) in [5.74, 6) is 0.0246. The van der Waals surface area contributed by atoms with E-state index in [1.165, 1.54) is 0 Å². The Hall–Kier alpha value is -1.10. The Morgan fingerprint density at radius 3 is 2.69 bits per heavy atom. The quantitative estimate of drug-likeness (QED) is 0.336. The van der Waals surface area contributed by atoms with E-state index in [-0.39, 0.29) is 5.91 Å². The monoisotopic (exact) mass is 187 g/mol. The molecule has 5 nitrogen and oxygen atoms in total. The molecule has 0 aromatic rings. The predicted molar refractivity (Wildman–Crippen MR) is 50.0 cm³/mol. The Labute approximate surface area is 78.1 Å². The van der Waals surface area contributed by atoms with E-state index in [1.54, 1.807) is 0 Å². The molecule has 76 valence electrons. The maximum absolute atomic E-state index is 11.0. The van der Waals surface area contributed by atoms with Crippen molar-refractivity contribution in [1.82, 2.24) is 10.6 Å². The molecule has 0 aromatic heterocycles. The van der Waals surface area contributed by atoms with Crippen LogP contribution in [-0.4, -0.2) is 32.0 Å². The van der Waals surface area contributed by atoms with Gasteiger partial charge < -0.3 is 16.4 Å². The number of nitrogens with one attached hydrogen (secondary N) is 2. The Bertz CT molecular complexity index is 150. The first-order valence-electron chi connectivity index (χ1n) is 4.45. The van der Waals surface area contributed by atoms with Gasteiger partial charge in [0, 0.05) is 19.5 Å². The fourth-order valence-corrected chi connectivity index (χ4v) is 0.828. The van der Waals surface area contributed by atoms with Crippen LogP contribution in [0, 0.1) is 0 Å². The summed E-state index contributed by atoms with van der Waals surface area (Å²) >= 11 is 0. The summed E-state index contributed by atoms with van der Waals surface area (Å²) in [5.41, 5.74) is 5.24. The molecule has 0 heterocycles. The predicted octanol–water partition coefficient (Wildman–Crippen LogP) is -1.02. The van der Waals surface area contributed by atoms with Gasteiger partial charge in [-0.25, -0.2) is 0 Å². The minimum Gasteiger partial charge on any atom is -0.359 e. The third-order valence-corrected chi connectivity index (χ3v) is 1.51. The lowest BCUT2D eigenvalue weighted by atomic mass is 10.3. The Kier molecular flexibility index (Phi) is 8.23. The lowest BCUT2D eigenvalue weighted by Crippen LogP contribution is -2.27. The normalized spacial score (nSPS) is 9.31. The lowest BCUT2D eigenvalue weighted by molar-refractivity contribution is -0.121. The Morgan fingerprint density at radius 1 is 1.31 bits per heavy atom. The minimum atomic E-state index is 0.0246. The second-order valence-electron chi connectivity index (χ2n) is 2.67. The van der Waals surface area contributed by atoms with Crippen molar-refractivity contribution in [1.29, 1.82) is 0 Å². The highest BCUT2D eigenvalue weighted by molar-refractivity contribution is 5.75. The first kappa shape index (κ1) is 11.9. The van der Waals surface area contributed by atoms with E-state index in [0.29, 0.717) is 32.5 Å². The zero-order chi connectivity index (χ0) is 9.94. The van der Waals surface area contributed by atoms with Crippen molar-refractivity contribution in [2.75, 3.05) is 19.6 Å². The summed E-state index contributed by atoms with van der Waals surface area (Å²) in [6.07, 6.45) is 2.61. The average Bonchev–Trinajstić information content (AvgIpc) is 2.14. The minimum absolute atomic E-state index is 0.0246. The van der Waals surface area contributed by atoms with Gasteiger partial charge in [-0.3, -0.25) is 9.59 Å². The zero-order valence-corrected chi connectivity index (χ0v) is 7.71. The van der Waals surface area contributed by atoms with Crippen molar-refractivity contribution in [3.05, 3.63) is 0 Å². The van der Waals surface area contributed by atoms with Gasteiger partial charge in [-0.15, -0.1) is 0 Å². The molecule has 13 heavy (non-hydrogen) atoms. The van der Waals surface area contributed by atoms with E-state index >= 15 is 0 Å². The highest BCUT2D eigenvalue weighted by atomic mass is 16.1. The SMILES string of the molecule is NCCCC(=O)NCCCNC=O. The largest absolute Gasteiger partial charge is 0.359 e. The number of rotatable bonds is 8. The molecule has 0 fully saturated rings. The van der Waals surface area contributed by atoms with E-state index in [0.717, 1.165) is 12.8 Å². The number of carbonyl (C=O) groups excluding carboxylic acids is 2. The standard InChI is InChI=1S/C8H17N3O2/c9-4-1-3-8(13)11-6-2-5-10-7-12/h7H,1-6,9H2,(H,10,12)(H,11,13). The van der Waals surface area contributed by atoms with Gasteiger partial charge in [-0.2, -0.15) is 0 Å². The third-order valence-electron chi connectivity index (χ3n) is 1.51. The second kappa shape index (κ2) is 8.99. The first-order valence-corrected chi connectivity index (χ1v) is 4.45. The smallest absolute Gasteiger partial charge is 0.220 e. The van der Waals surface area contributed by atoms with Crippen LogP contribution in [0.2, 0.25) is 0 Å². The molecular weight excluding hydrogens is 170 g/mol. The first-order chi connectivity index (χ1) is 6.31. The molecule has 0 aliphatic carbocycles. The third kappa shape index (κ3) is 8.81. The van der Waals surface area contributed by atoms with Crippen molar-refractivity contribution in [2.45, 2.75) is 19.3 Å². The number of nitrogens with two attached hydrogens (primary N) is 1. The highest BCUT2D eigenvalue weighted by Crippen LogP contribution is 1.85. The molecule has 4 N–H and O–H groups in total. The van der Waals surface area contributed by atoms with Crippen LogP contribution in [-0.2, 0) is 9.59 Å². The van der Waals surface area contributed by atoms with Crippen molar-refractivity contribution in [2.24, 2.45) is 5.73 Å². The van der Waals surface area contributed by atoms with Crippen LogP contribution >= 0.6 is 0 Å². The summed E-state index contributed by atoms with van der Waals surface area (Å²) in [4.78, 5) is 20.8. The molecule has 0 rings (SSSR count). The molecule has 0 aliphatic rings. The van der Waals surface area contributed by atoms with Gasteiger partial charge in [0.15, 0.2) is 0 Å². The van der Waals surface area contributed by atoms with Crippen molar-refractivity contribution < 1.29 is 9.59 Å². The van der Waals surface area contributed by atoms with Crippen LogP contribution in [0.25, 0.3) is 0 Å². The van der Waals surface area contributed by atoms with Crippen LogP contribution < -0.4 is 16.4 Å². The molecular formula is C8H17N3O2. The summed E-state index contributed by atoms with van der Waals surface area (Å²) in [6.45, 7) is 1.74. The molecule has 0 radical (unpaired) electrons. The number of carbonyl (C=O) groups is 2. The molecule has 0 saturated heterocycles. The van der Waals surface area contributed by atoms with Gasteiger partial charge in [-0.05, 0) is 19.4 Å². The number of amides is 2. The summed E-state index contributed by atoms with van der Waals surface area (Å²) in [7, 11) is 0. The van der Waals surface area contributed by atoms with Crippen molar-refractivity contribution in [3.8, 4) is 0 Å². The van der Waals surface area contributed by atoms with E-state index in [4.69, 9.17) is 5.73 Å². The molecule has 0 bridgehead atoms. The van der Waals surface area contributed by atoms with Gasteiger partial charge >= 0.3 is 0 Å². The Balaban J connectivity index is 3.12. The molecule has 5 heteroatoms. The molecule has 0 atom stereocenters. The van der Waals surface area contributed by atoms with Crippen LogP contribution in [0.3, 0.4) is 0 Å². The van der Waals surface area contributed by atoms with Crippen LogP contribution in [0.1, 0.15) is 19.3 Å². The maximum Gasteiger partial charge on any atom is 0.220 e. The van der Waals surface area contributed by atoms with Gasteiger partial charge in [0.25, 0.3) is 0 Å². The maximum atomic E-state index is 11.0. The van der Waals surface area contributed by atoms with Crippen LogP contribution in [0.4, 0.5) is 0 Å². The van der Waals surface area contributed by atoms with Gasteiger partial charge in [0.2, 0.25) is 12.3 Å². The summed E-state index contributed by atoms with van der Waals surface area (Å²) in [5, 5.41) is 5.24. The van der Waals surface area contributed by atoms with E-state index in [1.807, 2.05) is 0 Å². The average molecular weight is 187 g/mol. The van der Waals surface area contributed by atoms with E-state index in [2.05, 4.69) is 10.6 Å².